The van der Waals surface area contributed by atoms with Gasteiger partial charge in [0.25, 0.3) is 0 Å². The first-order valence-corrected chi connectivity index (χ1v) is 11.2. The van der Waals surface area contributed by atoms with Gasteiger partial charge in [0.2, 0.25) is 11.8 Å². The minimum absolute atomic E-state index is 0.105. The molecule has 0 radical (unpaired) electrons. The van der Waals surface area contributed by atoms with Gasteiger partial charge in [-0.25, -0.2) is 0 Å². The Morgan fingerprint density at radius 2 is 1.45 bits per heavy atom. The van der Waals surface area contributed by atoms with Crippen molar-refractivity contribution in [2.45, 2.75) is 20.1 Å². The fourth-order valence-corrected chi connectivity index (χ4v) is 3.51. The van der Waals surface area contributed by atoms with E-state index in [4.69, 9.17) is 4.74 Å². The minimum atomic E-state index is -0.120. The molecule has 3 rings (SSSR count). The van der Waals surface area contributed by atoms with E-state index in [0.29, 0.717) is 13.2 Å². The van der Waals surface area contributed by atoms with Gasteiger partial charge < -0.3 is 15.4 Å². The Kier molecular flexibility index (Phi) is 8.55. The van der Waals surface area contributed by atoms with E-state index in [-0.39, 0.29) is 23.3 Å². The van der Waals surface area contributed by atoms with E-state index in [1.165, 1.54) is 11.8 Å². The molecule has 0 bridgehead atoms. The van der Waals surface area contributed by atoms with E-state index in [1.807, 2.05) is 85.8 Å². The molecule has 2 amide bonds. The first-order valence-electron chi connectivity index (χ1n) is 10.1. The first-order chi connectivity index (χ1) is 15.1. The number of para-hydroxylation sites is 1. The Labute approximate surface area is 187 Å². The number of anilines is 1. The Balaban J connectivity index is 1.39. The van der Waals surface area contributed by atoms with E-state index in [9.17, 15) is 9.59 Å². The molecule has 0 aromatic heterocycles. The zero-order valence-electron chi connectivity index (χ0n) is 17.5. The van der Waals surface area contributed by atoms with Crippen molar-refractivity contribution in [3.8, 4) is 5.75 Å². The fraction of sp³-hybridized carbons (Fsp3) is 0.200. The third kappa shape index (κ3) is 7.83. The Morgan fingerprint density at radius 3 is 2.19 bits per heavy atom. The molecule has 3 aromatic rings. The quantitative estimate of drug-likeness (QED) is 0.491. The molecule has 6 heteroatoms. The number of aryl methyl sites for hydroxylation is 1. The number of benzene rings is 3. The summed E-state index contributed by atoms with van der Waals surface area (Å²) in [4.78, 5) is 24.2. The van der Waals surface area contributed by atoms with Gasteiger partial charge in [-0.1, -0.05) is 60.2 Å². The van der Waals surface area contributed by atoms with Crippen LogP contribution >= 0.6 is 11.8 Å². The van der Waals surface area contributed by atoms with Crippen molar-refractivity contribution in [1.82, 2.24) is 5.32 Å². The molecule has 0 aliphatic heterocycles. The second kappa shape index (κ2) is 11.8. The predicted octanol–water partition coefficient (Wildman–Crippen LogP) is 4.56. The molecule has 0 unspecified atom stereocenters. The predicted molar refractivity (Wildman–Crippen MR) is 126 cm³/mol. The molecule has 0 atom stereocenters. The van der Waals surface area contributed by atoms with E-state index in [1.54, 1.807) is 0 Å². The molecule has 2 N–H and O–H groups in total. The fourth-order valence-electron chi connectivity index (χ4n) is 2.86. The lowest BCUT2D eigenvalue weighted by atomic mass is 10.1. The highest BCUT2D eigenvalue weighted by atomic mass is 32.2. The van der Waals surface area contributed by atoms with Crippen LogP contribution in [0.15, 0.2) is 78.9 Å². The Morgan fingerprint density at radius 1 is 0.806 bits per heavy atom. The largest absolute Gasteiger partial charge is 0.489 e. The normalized spacial score (nSPS) is 10.4. The van der Waals surface area contributed by atoms with Crippen LogP contribution in [0.3, 0.4) is 0 Å². The van der Waals surface area contributed by atoms with Gasteiger partial charge in [0.15, 0.2) is 0 Å². The summed E-state index contributed by atoms with van der Waals surface area (Å²) in [6, 6.07) is 25.1. The highest BCUT2D eigenvalue weighted by molar-refractivity contribution is 8.00. The van der Waals surface area contributed by atoms with E-state index in [2.05, 4.69) is 10.6 Å². The Bertz CT molecular complexity index is 991. The van der Waals surface area contributed by atoms with Gasteiger partial charge in [0, 0.05) is 12.2 Å². The third-order valence-corrected chi connectivity index (χ3v) is 5.47. The molecule has 0 spiro atoms. The molecule has 0 fully saturated rings. The second-order valence-electron chi connectivity index (χ2n) is 7.05. The summed E-state index contributed by atoms with van der Waals surface area (Å²) in [7, 11) is 0. The van der Waals surface area contributed by atoms with Gasteiger partial charge in [-0.05, 0) is 42.3 Å². The van der Waals surface area contributed by atoms with Crippen molar-refractivity contribution in [3.63, 3.8) is 0 Å². The molecule has 31 heavy (non-hydrogen) atoms. The standard InChI is InChI=1S/C25H26N2O3S/c1-19-11-13-22(14-12-19)27-25(29)18-31-17-24(28)26-15-20-7-5-6-8-21(20)16-30-23-9-3-2-4-10-23/h2-14H,15-18H2,1H3,(H,26,28)(H,27,29). The number of carbonyl (C=O) groups is 2. The average Bonchev–Trinajstić information content (AvgIpc) is 2.79. The number of nitrogens with one attached hydrogen (secondary N) is 2. The van der Waals surface area contributed by atoms with Gasteiger partial charge >= 0.3 is 0 Å². The maximum atomic E-state index is 12.2. The maximum Gasteiger partial charge on any atom is 0.234 e. The summed E-state index contributed by atoms with van der Waals surface area (Å²) in [5, 5.41) is 5.75. The minimum Gasteiger partial charge on any atom is -0.489 e. The Hall–Kier alpha value is -3.25. The van der Waals surface area contributed by atoms with Crippen LogP contribution in [0.25, 0.3) is 0 Å². The summed E-state index contributed by atoms with van der Waals surface area (Å²) in [5.41, 5.74) is 3.93. The van der Waals surface area contributed by atoms with Crippen LogP contribution < -0.4 is 15.4 Å². The molecule has 0 heterocycles. The van der Waals surface area contributed by atoms with Crippen molar-refractivity contribution in [2.24, 2.45) is 0 Å². The number of hydrogen-bond acceptors (Lipinski definition) is 4. The van der Waals surface area contributed by atoms with Crippen LogP contribution in [0, 0.1) is 6.92 Å². The van der Waals surface area contributed by atoms with Gasteiger partial charge in [0.1, 0.15) is 12.4 Å². The SMILES string of the molecule is Cc1ccc(NC(=O)CSCC(=O)NCc2ccccc2COc2ccccc2)cc1. The first kappa shape index (κ1) is 22.4. The maximum absolute atomic E-state index is 12.2. The molecular weight excluding hydrogens is 408 g/mol. The summed E-state index contributed by atoms with van der Waals surface area (Å²) in [6.45, 7) is 2.85. The summed E-state index contributed by atoms with van der Waals surface area (Å²) in [6.07, 6.45) is 0. The zero-order valence-corrected chi connectivity index (χ0v) is 18.3. The van der Waals surface area contributed by atoms with Crippen LogP contribution in [0.2, 0.25) is 0 Å². The lowest BCUT2D eigenvalue weighted by Crippen LogP contribution is -2.26. The van der Waals surface area contributed by atoms with Crippen LogP contribution in [0.4, 0.5) is 5.69 Å². The van der Waals surface area contributed by atoms with E-state index < -0.39 is 0 Å². The second-order valence-corrected chi connectivity index (χ2v) is 8.04. The number of hydrogen-bond donors (Lipinski definition) is 2. The highest BCUT2D eigenvalue weighted by Crippen LogP contribution is 2.15. The molecule has 3 aromatic carbocycles. The van der Waals surface area contributed by atoms with Crippen molar-refractivity contribution in [2.75, 3.05) is 16.8 Å². The molecule has 0 aliphatic rings. The number of thioether (sulfide) groups is 1. The molecular formula is C25H26N2O3S. The van der Waals surface area contributed by atoms with Gasteiger partial charge in [-0.15, -0.1) is 11.8 Å². The number of carbonyl (C=O) groups excluding carboxylic acids is 2. The molecule has 160 valence electrons. The van der Waals surface area contributed by atoms with E-state index >= 15 is 0 Å². The van der Waals surface area contributed by atoms with Gasteiger partial charge in [0.05, 0.1) is 11.5 Å². The smallest absolute Gasteiger partial charge is 0.234 e. The lowest BCUT2D eigenvalue weighted by Gasteiger charge is -2.12. The molecule has 5 nitrogen and oxygen atoms in total. The van der Waals surface area contributed by atoms with Crippen molar-refractivity contribution in [1.29, 1.82) is 0 Å². The zero-order chi connectivity index (χ0) is 21.9. The number of rotatable bonds is 10. The van der Waals surface area contributed by atoms with Crippen LogP contribution in [-0.2, 0) is 22.7 Å². The highest BCUT2D eigenvalue weighted by Gasteiger charge is 2.08. The van der Waals surface area contributed by atoms with Crippen molar-refractivity contribution < 1.29 is 14.3 Å². The van der Waals surface area contributed by atoms with Crippen molar-refractivity contribution >= 4 is 29.3 Å². The summed E-state index contributed by atoms with van der Waals surface area (Å²) >= 11 is 1.29. The number of ether oxygens (including phenoxy) is 1. The molecule has 0 saturated heterocycles. The number of amides is 2. The topological polar surface area (TPSA) is 67.4 Å². The van der Waals surface area contributed by atoms with Crippen LogP contribution in [0.5, 0.6) is 5.75 Å². The summed E-state index contributed by atoms with van der Waals surface area (Å²) < 4.78 is 5.82. The lowest BCUT2D eigenvalue weighted by molar-refractivity contribution is -0.118. The van der Waals surface area contributed by atoms with Crippen LogP contribution in [0.1, 0.15) is 16.7 Å². The van der Waals surface area contributed by atoms with Crippen LogP contribution in [-0.4, -0.2) is 23.3 Å². The van der Waals surface area contributed by atoms with E-state index in [0.717, 1.165) is 28.1 Å². The van der Waals surface area contributed by atoms with Gasteiger partial charge in [-0.2, -0.15) is 0 Å². The monoisotopic (exact) mass is 434 g/mol. The third-order valence-electron chi connectivity index (χ3n) is 4.53. The van der Waals surface area contributed by atoms with Crippen molar-refractivity contribution in [3.05, 3.63) is 95.6 Å². The molecule has 0 saturated carbocycles. The van der Waals surface area contributed by atoms with Gasteiger partial charge in [-0.3, -0.25) is 9.59 Å². The average molecular weight is 435 g/mol. The summed E-state index contributed by atoms with van der Waals surface area (Å²) in [5.74, 6) is 1.03. The molecule has 0 aliphatic carbocycles.